The Morgan fingerprint density at radius 3 is 1.11 bits per heavy atom. The van der Waals surface area contributed by atoms with Gasteiger partial charge in [-0.1, -0.05) is 76.2 Å². The van der Waals surface area contributed by atoms with Crippen LogP contribution in [-0.2, 0) is 67.2 Å². The Morgan fingerprint density at radius 2 is 0.737 bits per heavy atom. The van der Waals surface area contributed by atoms with Gasteiger partial charge in [0.2, 0.25) is 70.7 Å². The highest BCUT2D eigenvalue weighted by Gasteiger charge is 2.47. The second kappa shape index (κ2) is 45.9. The Labute approximate surface area is 754 Å². The molecule has 3 saturated heterocycles. The largest absolute Gasteiger partial charge is 0.505 e. The molecule has 9 rings (SSSR count). The van der Waals surface area contributed by atoms with Gasteiger partial charge in [-0.15, -0.1) is 0 Å². The van der Waals surface area contributed by atoms with Crippen LogP contribution in [0.25, 0.3) is 0 Å². The Hall–Kier alpha value is -13.0. The van der Waals surface area contributed by atoms with Crippen LogP contribution < -0.4 is 53.2 Å². The molecule has 9 heterocycles. The monoisotopic (exact) mass is 1890 g/mol. The molecule has 6 aromatic rings. The number of ether oxygens (including phenoxy) is 1. The minimum atomic E-state index is -2.09. The highest BCUT2D eigenvalue weighted by Crippen LogP contribution is 2.31. The molecule has 6 aromatic heterocycles. The molecule has 0 spiro atoms. The fourth-order valence-corrected chi connectivity index (χ4v) is 14.5. The Morgan fingerprint density at radius 1 is 0.406 bits per heavy atom. The Bertz CT molecular complexity index is 5120. The van der Waals surface area contributed by atoms with Gasteiger partial charge in [-0.25, -0.2) is 33.1 Å². The summed E-state index contributed by atoms with van der Waals surface area (Å²) in [6.07, 6.45) is -5.99. The van der Waals surface area contributed by atoms with Crippen LogP contribution in [0, 0.1) is 125 Å². The topological polar surface area (TPSA) is 536 Å². The lowest BCUT2D eigenvalue weighted by Crippen LogP contribution is -2.64. The van der Waals surface area contributed by atoms with Crippen molar-refractivity contribution >= 4 is 70.9 Å². The van der Waals surface area contributed by atoms with E-state index in [2.05, 4.69) is 83.1 Å². The third kappa shape index (κ3) is 25.7. The van der Waals surface area contributed by atoms with Crippen LogP contribution in [0.2, 0.25) is 0 Å². The first-order chi connectivity index (χ1) is 62.1. The van der Waals surface area contributed by atoms with Crippen LogP contribution in [-0.4, -0.2) is 234 Å². The van der Waals surface area contributed by atoms with Crippen molar-refractivity contribution in [1.82, 2.24) is 88.0 Å². The molecule has 47 heteroatoms. The standard InChI is InChI=1S/C29H36F4N6O6.C29H36F3N5O7.C28H34F4N6O6/c1-11(2)12(3)22-28(44)35-14(5)20(37-27(43)21-17(40)8-7-9-34-21)26(42)36-16(23(41)13(4)29(45)39(22)6)10-15-18(30)19(31)25(33)38-24(15)32;1-11(2)12(3)24-28(42)35-15(6)21(37-27(41)22-18(38)8-7-9-33-22)26(40)36-17(23(39)13(4)29(43)44-24)10-16-14(5)34-25(32)20(31)19(16)30;1-10(2)11(3)19-26(42)34-13(5)20(37-28(44)21-16(39)7-6-8-33-21)27(43)35-15(22(40)12(4)25(41)36-19)9-14-17(29)18(30)24(32)38-23(14)31/h7-9,11-14,16,20,22-23,40-41H,10H2,1-6H3,(H,35,44)(H,36,42)(H,37,43);7-9,11-13,15,17,21,23-24,38-39H,10H2,1-6H3,(H,35,42)(H,36,40)(H,37,41);6-8,10-13,15,19-20,22,39-40H,9H2,1-5H3,(H,34,42)(H,35,43)(H,36,41)(H,37,44)/t12?,13-,14-,16+,20+,22?,23+;12?,13-,15-,17+,21+,23+,24?;11?,12-,13-,15+,19?,20+,22+/m111/s1. The second-order valence-corrected chi connectivity index (χ2v) is 33.9. The molecule has 3 fully saturated rings. The van der Waals surface area contributed by atoms with E-state index in [1.807, 2.05) is 13.8 Å². The van der Waals surface area contributed by atoms with E-state index in [1.54, 1.807) is 48.5 Å². The average Bonchev–Trinajstić information content (AvgIpc) is 0.797. The summed E-state index contributed by atoms with van der Waals surface area (Å²) in [4.78, 5) is 182. The van der Waals surface area contributed by atoms with Gasteiger partial charge < -0.3 is 93.4 Å². The fraction of sp³-hybridized carbons (Fsp3) is 0.512. The number of carbonyl (C=O) groups excluding carboxylic acids is 12. The van der Waals surface area contributed by atoms with Gasteiger partial charge >= 0.3 is 5.97 Å². The number of aliphatic hydroxyl groups excluding tert-OH is 3. The van der Waals surface area contributed by atoms with E-state index in [0.29, 0.717) is 0 Å². The van der Waals surface area contributed by atoms with E-state index in [-0.39, 0.29) is 23.4 Å². The number of halogens is 11. The van der Waals surface area contributed by atoms with Gasteiger partial charge in [-0.2, -0.15) is 45.1 Å². The molecule has 0 aliphatic carbocycles. The molecule has 3 aliphatic heterocycles. The smallest absolute Gasteiger partial charge is 0.312 e. The van der Waals surface area contributed by atoms with Gasteiger partial charge in [0.15, 0.2) is 40.6 Å². The third-order valence-corrected chi connectivity index (χ3v) is 23.8. The number of aryl methyl sites for hydroxylation is 1. The normalized spacial score (nSPS) is 25.6. The van der Waals surface area contributed by atoms with Crippen molar-refractivity contribution in [1.29, 1.82) is 0 Å². The number of rotatable bonds is 18. The number of nitrogens with zero attached hydrogens (tertiary/aromatic N) is 7. The molecule has 3 aliphatic rings. The number of esters is 1. The number of nitrogens with one attached hydrogen (secondary N) is 10. The number of cyclic esters (lactones) is 1. The van der Waals surface area contributed by atoms with E-state index >= 15 is 0 Å². The van der Waals surface area contributed by atoms with Gasteiger partial charge in [0, 0.05) is 66.8 Å². The van der Waals surface area contributed by atoms with Crippen LogP contribution >= 0.6 is 0 Å². The highest BCUT2D eigenvalue weighted by atomic mass is 19.2. The lowest BCUT2D eigenvalue weighted by Gasteiger charge is -2.39. The maximum absolute atomic E-state index is 14.8. The lowest BCUT2D eigenvalue weighted by atomic mass is 9.86. The van der Waals surface area contributed by atoms with Crippen molar-refractivity contribution in [2.75, 3.05) is 7.05 Å². The molecule has 16 N–H and O–H groups in total. The highest BCUT2D eigenvalue weighted by molar-refractivity contribution is 6.01. The minimum Gasteiger partial charge on any atom is -0.505 e. The molecular formula is C86H106F11N17O19. The van der Waals surface area contributed by atoms with Crippen molar-refractivity contribution in [2.45, 2.75) is 221 Å². The van der Waals surface area contributed by atoms with E-state index in [0.717, 1.165) is 4.90 Å². The molecule has 0 saturated carbocycles. The molecule has 133 heavy (non-hydrogen) atoms. The molecule has 0 radical (unpaired) electrons. The molecule has 0 aromatic carbocycles. The number of hydrogen-bond donors (Lipinski definition) is 16. The Balaban J connectivity index is 0.000000272. The van der Waals surface area contributed by atoms with Crippen LogP contribution in [0.5, 0.6) is 17.2 Å². The van der Waals surface area contributed by atoms with Crippen molar-refractivity contribution in [3.63, 3.8) is 0 Å². The van der Waals surface area contributed by atoms with Gasteiger partial charge in [-0.3, -0.25) is 57.5 Å². The van der Waals surface area contributed by atoms with Gasteiger partial charge in [0.1, 0.15) is 47.5 Å². The first kappa shape index (κ1) is 107. The first-order valence-corrected chi connectivity index (χ1v) is 41.9. The third-order valence-electron chi connectivity index (χ3n) is 23.8. The van der Waals surface area contributed by atoms with E-state index < -0.39 is 332 Å². The van der Waals surface area contributed by atoms with Gasteiger partial charge in [0.05, 0.1) is 72.3 Å². The zero-order valence-corrected chi connectivity index (χ0v) is 75.0. The molecule has 36 nitrogen and oxygen atoms in total. The number of aromatic hydroxyl groups is 3. The molecular weight excluding hydrogens is 1780 g/mol. The lowest BCUT2D eigenvalue weighted by molar-refractivity contribution is -0.168. The number of aliphatic hydroxyl groups is 3. The minimum absolute atomic E-state index is 0.134. The Kier molecular flexibility index (Phi) is 37.0. The molecule has 21 atom stereocenters. The zero-order chi connectivity index (χ0) is 100.0. The molecule has 6 unspecified atom stereocenters. The van der Waals surface area contributed by atoms with Crippen molar-refractivity contribution in [3.8, 4) is 17.2 Å². The van der Waals surface area contributed by atoms with E-state index in [9.17, 15) is 136 Å². The fourth-order valence-electron chi connectivity index (χ4n) is 14.5. The van der Waals surface area contributed by atoms with Crippen LogP contribution in [0.1, 0.15) is 158 Å². The molecule has 0 bridgehead atoms. The SMILES string of the molecule is CC(C)C(C)C1C(=O)N[C@H](C)[C@H](NC(=O)c2ncccc2O)C(=O)N[C@@H](Cc2c(F)nc(F)c(F)c2F)[C@@H](O)[C@@H](C)C(=O)N1C.CC(C)C(C)C1NC(=O)[C@H](C)[C@H](O)[C@H](Cc2c(F)nc(F)c(F)c2F)NC(=O)[C@@H](NC(=O)c2ncccc2O)[C@@H](C)NC1=O.Cc1nc(F)c(F)c(F)c1C[C@@H]1NC(=O)[C@@H](NC(=O)c2ncccc2O)[C@@H](C)NC(=O)C(C(C)C(C)C)OC(=O)[C@H](C)[C@@H]1O. The molecule has 726 valence electrons. The second-order valence-electron chi connectivity index (χ2n) is 33.9. The quantitative estimate of drug-likeness (QED) is 0.0332. The maximum atomic E-state index is 14.8. The molecule has 11 amide bonds. The summed E-state index contributed by atoms with van der Waals surface area (Å²) in [5.74, 6) is -39.6. The van der Waals surface area contributed by atoms with Crippen LogP contribution in [0.4, 0.5) is 48.3 Å². The van der Waals surface area contributed by atoms with Gasteiger partial charge in [-0.05, 0) is 107 Å². The van der Waals surface area contributed by atoms with Crippen LogP contribution in [0.3, 0.4) is 0 Å². The predicted octanol–water partition coefficient (Wildman–Crippen LogP) is 3.51. The summed E-state index contributed by atoms with van der Waals surface area (Å²) in [6.45, 7) is 24.9. The zero-order valence-electron chi connectivity index (χ0n) is 75.0. The summed E-state index contributed by atoms with van der Waals surface area (Å²) < 4.78 is 162. The first-order valence-electron chi connectivity index (χ1n) is 41.9. The average molecular weight is 1890 g/mol. The van der Waals surface area contributed by atoms with Crippen molar-refractivity contribution in [3.05, 3.63) is 159 Å². The summed E-state index contributed by atoms with van der Waals surface area (Å²) >= 11 is 0. The summed E-state index contributed by atoms with van der Waals surface area (Å²) in [5, 5.41) is 88.6. The number of aromatic nitrogens is 6. The summed E-state index contributed by atoms with van der Waals surface area (Å²) in [7, 11) is 1.33. The number of likely N-dealkylation sites (N-methyl/N-ethyl adjacent to an activating group) is 1. The van der Waals surface area contributed by atoms with E-state index in [4.69, 9.17) is 4.74 Å². The van der Waals surface area contributed by atoms with Crippen molar-refractivity contribution < 1.29 is 141 Å². The predicted molar refractivity (Wildman–Crippen MR) is 444 cm³/mol. The number of carbonyl (C=O) groups is 12. The van der Waals surface area contributed by atoms with E-state index in [1.165, 1.54) is 111 Å². The number of hydrogen-bond acceptors (Lipinski definition) is 25. The van der Waals surface area contributed by atoms with Gasteiger partial charge in [0.25, 0.3) is 41.5 Å². The summed E-state index contributed by atoms with van der Waals surface area (Å²) in [5.41, 5.74) is -4.36. The number of amides is 11. The number of pyridine rings is 6. The van der Waals surface area contributed by atoms with Crippen molar-refractivity contribution in [2.24, 2.45) is 53.3 Å². The maximum Gasteiger partial charge on any atom is 0.312 e. The summed E-state index contributed by atoms with van der Waals surface area (Å²) in [6, 6.07) is -8.20. The van der Waals surface area contributed by atoms with Crippen LogP contribution in [0.15, 0.2) is 55.0 Å².